The molecule has 1 saturated heterocycles. The van der Waals surface area contributed by atoms with Gasteiger partial charge in [-0.05, 0) is 37.6 Å². The average molecular weight is 193 g/mol. The highest BCUT2D eigenvalue weighted by atomic mass is 16.5. The first kappa shape index (κ1) is 9.34. The van der Waals surface area contributed by atoms with Crippen LogP contribution in [0.15, 0.2) is 18.2 Å². The predicted molar refractivity (Wildman–Crippen MR) is 54.6 cm³/mol. The Balaban J connectivity index is 2.29. The van der Waals surface area contributed by atoms with Crippen LogP contribution >= 0.6 is 0 Å². The first-order valence-corrected chi connectivity index (χ1v) is 4.91. The molecule has 1 fully saturated rings. The third-order valence-corrected chi connectivity index (χ3v) is 2.67. The summed E-state index contributed by atoms with van der Waals surface area (Å²) in [6.07, 6.45) is 2.25. The zero-order valence-electron chi connectivity index (χ0n) is 8.29. The van der Waals surface area contributed by atoms with Crippen molar-refractivity contribution in [2.75, 3.05) is 13.7 Å². The van der Waals surface area contributed by atoms with Crippen LogP contribution in [0.1, 0.15) is 24.4 Å². The number of ether oxygens (including phenoxy) is 1. The fourth-order valence-electron chi connectivity index (χ4n) is 1.89. The van der Waals surface area contributed by atoms with Crippen LogP contribution in [0.4, 0.5) is 0 Å². The molecule has 1 unspecified atom stereocenters. The van der Waals surface area contributed by atoms with E-state index in [1.54, 1.807) is 19.2 Å². The van der Waals surface area contributed by atoms with Crippen LogP contribution < -0.4 is 10.1 Å². The average Bonchev–Trinajstić information content (AvgIpc) is 2.71. The van der Waals surface area contributed by atoms with Crippen molar-refractivity contribution >= 4 is 0 Å². The van der Waals surface area contributed by atoms with Crippen molar-refractivity contribution in [2.45, 2.75) is 18.9 Å². The van der Waals surface area contributed by atoms with Crippen molar-refractivity contribution in [1.29, 1.82) is 0 Å². The van der Waals surface area contributed by atoms with Gasteiger partial charge in [-0.3, -0.25) is 0 Å². The Morgan fingerprint density at radius 1 is 1.50 bits per heavy atom. The Morgan fingerprint density at radius 2 is 2.36 bits per heavy atom. The largest absolute Gasteiger partial charge is 0.508 e. The topological polar surface area (TPSA) is 41.5 Å². The van der Waals surface area contributed by atoms with Gasteiger partial charge in [-0.2, -0.15) is 0 Å². The molecule has 0 saturated carbocycles. The normalized spacial score (nSPS) is 21.1. The lowest BCUT2D eigenvalue weighted by Crippen LogP contribution is -2.12. The molecule has 0 amide bonds. The molecule has 1 aromatic rings. The summed E-state index contributed by atoms with van der Waals surface area (Å²) in [5.74, 6) is 1.15. The molecule has 1 aliphatic heterocycles. The lowest BCUT2D eigenvalue weighted by atomic mass is 10.0. The summed E-state index contributed by atoms with van der Waals surface area (Å²) in [6, 6.07) is 5.64. The summed E-state index contributed by atoms with van der Waals surface area (Å²) in [4.78, 5) is 0. The highest BCUT2D eigenvalue weighted by Gasteiger charge is 2.19. The van der Waals surface area contributed by atoms with Crippen LogP contribution in [0, 0.1) is 0 Å². The van der Waals surface area contributed by atoms with Crippen LogP contribution in [0.2, 0.25) is 0 Å². The summed E-state index contributed by atoms with van der Waals surface area (Å²) in [5, 5.41) is 13.0. The van der Waals surface area contributed by atoms with Gasteiger partial charge in [-0.15, -0.1) is 0 Å². The van der Waals surface area contributed by atoms with Crippen molar-refractivity contribution in [3.05, 3.63) is 23.8 Å². The molecule has 0 aliphatic carbocycles. The van der Waals surface area contributed by atoms with Gasteiger partial charge < -0.3 is 15.2 Å². The fourth-order valence-corrected chi connectivity index (χ4v) is 1.89. The molecule has 1 heterocycles. The van der Waals surface area contributed by atoms with Crippen LogP contribution in [-0.2, 0) is 0 Å². The first-order valence-electron chi connectivity index (χ1n) is 4.91. The molecular formula is C11H15NO2. The Morgan fingerprint density at radius 3 is 3.00 bits per heavy atom. The molecule has 0 bridgehead atoms. The molecular weight excluding hydrogens is 178 g/mol. The van der Waals surface area contributed by atoms with Gasteiger partial charge in [-0.1, -0.05) is 0 Å². The molecule has 1 atom stereocenters. The Bertz CT molecular complexity index is 319. The van der Waals surface area contributed by atoms with E-state index in [1.807, 2.05) is 6.07 Å². The number of aromatic hydroxyl groups is 1. The zero-order chi connectivity index (χ0) is 9.97. The van der Waals surface area contributed by atoms with E-state index < -0.39 is 0 Å². The third kappa shape index (κ3) is 1.68. The number of phenolic OH excluding ortho intramolecular Hbond substituents is 1. The van der Waals surface area contributed by atoms with E-state index in [4.69, 9.17) is 4.74 Å². The number of hydrogen-bond acceptors (Lipinski definition) is 3. The smallest absolute Gasteiger partial charge is 0.120 e. The molecule has 1 aliphatic rings. The molecule has 0 radical (unpaired) electrons. The number of methoxy groups -OCH3 is 1. The van der Waals surface area contributed by atoms with Gasteiger partial charge >= 0.3 is 0 Å². The number of rotatable bonds is 2. The van der Waals surface area contributed by atoms with Gasteiger partial charge in [-0.25, -0.2) is 0 Å². The maximum atomic E-state index is 9.70. The third-order valence-electron chi connectivity index (χ3n) is 2.67. The summed E-state index contributed by atoms with van der Waals surface area (Å²) in [5.41, 5.74) is 0.946. The molecule has 2 rings (SSSR count). The molecule has 1 aromatic carbocycles. The fraction of sp³-hybridized carbons (Fsp3) is 0.455. The van der Waals surface area contributed by atoms with Gasteiger partial charge in [0.15, 0.2) is 0 Å². The van der Waals surface area contributed by atoms with Crippen LogP contribution in [-0.4, -0.2) is 18.8 Å². The van der Waals surface area contributed by atoms with E-state index in [0.717, 1.165) is 24.3 Å². The van der Waals surface area contributed by atoms with E-state index in [-0.39, 0.29) is 6.04 Å². The highest BCUT2D eigenvalue weighted by Crippen LogP contribution is 2.32. The minimum Gasteiger partial charge on any atom is -0.508 e. The van der Waals surface area contributed by atoms with Crippen molar-refractivity contribution < 1.29 is 9.84 Å². The van der Waals surface area contributed by atoms with Gasteiger partial charge in [0.25, 0.3) is 0 Å². The maximum Gasteiger partial charge on any atom is 0.120 e. The van der Waals surface area contributed by atoms with Crippen molar-refractivity contribution in [1.82, 2.24) is 5.32 Å². The van der Waals surface area contributed by atoms with E-state index in [0.29, 0.717) is 5.75 Å². The lowest BCUT2D eigenvalue weighted by Gasteiger charge is -2.13. The Hall–Kier alpha value is -1.22. The molecule has 14 heavy (non-hydrogen) atoms. The summed E-state index contributed by atoms with van der Waals surface area (Å²) < 4.78 is 5.13. The van der Waals surface area contributed by atoms with Crippen LogP contribution in [0.3, 0.4) is 0 Å². The van der Waals surface area contributed by atoms with Gasteiger partial charge in [0.2, 0.25) is 0 Å². The Labute approximate surface area is 83.7 Å². The number of phenols is 1. The zero-order valence-corrected chi connectivity index (χ0v) is 8.29. The molecule has 2 N–H and O–H groups in total. The standard InChI is InChI=1S/C11H15NO2/c1-14-8-4-5-11(13)9(7-8)10-3-2-6-12-10/h4-5,7,10,12-13H,2-3,6H2,1H3. The van der Waals surface area contributed by atoms with Gasteiger partial charge in [0.1, 0.15) is 11.5 Å². The van der Waals surface area contributed by atoms with Crippen molar-refractivity contribution in [2.24, 2.45) is 0 Å². The second-order valence-electron chi connectivity index (χ2n) is 3.57. The quantitative estimate of drug-likeness (QED) is 0.752. The number of hydrogen-bond donors (Lipinski definition) is 2. The second kappa shape index (κ2) is 3.88. The number of benzene rings is 1. The highest BCUT2D eigenvalue weighted by molar-refractivity contribution is 5.41. The van der Waals surface area contributed by atoms with Crippen LogP contribution in [0.5, 0.6) is 11.5 Å². The summed E-state index contributed by atoms with van der Waals surface area (Å²) in [7, 11) is 1.64. The summed E-state index contributed by atoms with van der Waals surface area (Å²) in [6.45, 7) is 1.03. The SMILES string of the molecule is COc1ccc(O)c(C2CCCN2)c1. The summed E-state index contributed by atoms with van der Waals surface area (Å²) >= 11 is 0. The van der Waals surface area contributed by atoms with Gasteiger partial charge in [0, 0.05) is 11.6 Å². The maximum absolute atomic E-state index is 9.70. The van der Waals surface area contributed by atoms with E-state index in [2.05, 4.69) is 5.32 Å². The molecule has 3 nitrogen and oxygen atoms in total. The molecule has 0 aromatic heterocycles. The monoisotopic (exact) mass is 193 g/mol. The van der Waals surface area contributed by atoms with E-state index in [9.17, 15) is 5.11 Å². The molecule has 0 spiro atoms. The van der Waals surface area contributed by atoms with Crippen molar-refractivity contribution in [3.8, 4) is 11.5 Å². The minimum atomic E-state index is 0.282. The Kier molecular flexibility index (Phi) is 2.59. The lowest BCUT2D eigenvalue weighted by molar-refractivity contribution is 0.408. The van der Waals surface area contributed by atoms with Crippen LogP contribution in [0.25, 0.3) is 0 Å². The van der Waals surface area contributed by atoms with E-state index >= 15 is 0 Å². The first-order chi connectivity index (χ1) is 6.81. The molecule has 3 heteroatoms. The predicted octanol–water partition coefficient (Wildman–Crippen LogP) is 1.83. The van der Waals surface area contributed by atoms with Gasteiger partial charge in [0.05, 0.1) is 7.11 Å². The minimum absolute atomic E-state index is 0.282. The molecule has 76 valence electrons. The van der Waals surface area contributed by atoms with Crippen molar-refractivity contribution in [3.63, 3.8) is 0 Å². The number of nitrogens with one attached hydrogen (secondary N) is 1. The van der Waals surface area contributed by atoms with E-state index in [1.165, 1.54) is 6.42 Å². The second-order valence-corrected chi connectivity index (χ2v) is 3.57.